The van der Waals surface area contributed by atoms with Gasteiger partial charge >= 0.3 is 0 Å². The van der Waals surface area contributed by atoms with E-state index >= 15 is 0 Å². The summed E-state index contributed by atoms with van der Waals surface area (Å²) >= 11 is 0. The summed E-state index contributed by atoms with van der Waals surface area (Å²) in [7, 11) is 0. The first-order valence-corrected chi connectivity index (χ1v) is 5.15. The number of Topliss-reactive ketones (excluding diaryl/α,β-unsaturated/α-hetero) is 1. The number of hydrogen-bond donors (Lipinski definition) is 0. The first-order chi connectivity index (χ1) is 7.08. The highest BCUT2D eigenvalue weighted by atomic mass is 16.2. The molecular formula is C10H16N2O3. The molecule has 5 nitrogen and oxygen atoms in total. The Labute approximate surface area is 89.0 Å². The molecular weight excluding hydrogens is 196 g/mol. The van der Waals surface area contributed by atoms with Crippen molar-refractivity contribution in [3.05, 3.63) is 0 Å². The Bertz CT molecular complexity index is 262. The minimum absolute atomic E-state index is 0.0788. The Balaban J connectivity index is 2.67. The maximum absolute atomic E-state index is 11.4. The summed E-state index contributed by atoms with van der Waals surface area (Å²) in [4.78, 5) is 37.0. The van der Waals surface area contributed by atoms with E-state index in [1.807, 2.05) is 0 Å². The van der Waals surface area contributed by atoms with E-state index < -0.39 is 0 Å². The average molecular weight is 212 g/mol. The maximum Gasteiger partial charge on any atom is 0.224 e. The first-order valence-electron chi connectivity index (χ1n) is 5.15. The molecule has 0 aromatic carbocycles. The van der Waals surface area contributed by atoms with Crippen molar-refractivity contribution >= 4 is 17.6 Å². The molecule has 2 amide bonds. The van der Waals surface area contributed by atoms with Gasteiger partial charge in [0.05, 0.1) is 19.8 Å². The Morgan fingerprint density at radius 2 is 1.47 bits per heavy atom. The number of carbonyl (C=O) groups is 3. The molecule has 0 atom stereocenters. The summed E-state index contributed by atoms with van der Waals surface area (Å²) in [5, 5.41) is 0. The smallest absolute Gasteiger partial charge is 0.224 e. The molecule has 1 rings (SSSR count). The minimum atomic E-state index is -0.0862. The van der Waals surface area contributed by atoms with Crippen LogP contribution in [0, 0.1) is 0 Å². The largest absolute Gasteiger partial charge is 0.317 e. The van der Waals surface area contributed by atoms with Gasteiger partial charge < -0.3 is 9.80 Å². The number of nitrogens with zero attached hydrogens (tertiary/aromatic N) is 2. The lowest BCUT2D eigenvalue weighted by atomic mass is 10.2. The molecule has 1 aliphatic rings. The van der Waals surface area contributed by atoms with Crippen molar-refractivity contribution in [2.24, 2.45) is 0 Å². The zero-order chi connectivity index (χ0) is 11.4. The quantitative estimate of drug-likeness (QED) is 0.647. The van der Waals surface area contributed by atoms with Crippen LogP contribution in [0.4, 0.5) is 0 Å². The van der Waals surface area contributed by atoms with Crippen LogP contribution >= 0.6 is 0 Å². The van der Waals surface area contributed by atoms with E-state index in [1.165, 1.54) is 9.80 Å². The van der Waals surface area contributed by atoms with Crippen LogP contribution in [0.25, 0.3) is 0 Å². The number of carbonyl (C=O) groups excluding carboxylic acids is 3. The summed E-state index contributed by atoms with van der Waals surface area (Å²) in [5.41, 5.74) is 0. The van der Waals surface area contributed by atoms with Crippen molar-refractivity contribution in [3.63, 3.8) is 0 Å². The molecule has 0 aromatic rings. The topological polar surface area (TPSA) is 57.7 Å². The van der Waals surface area contributed by atoms with Gasteiger partial charge in [0.25, 0.3) is 0 Å². The first kappa shape index (κ1) is 11.7. The van der Waals surface area contributed by atoms with Crippen LogP contribution in [0.3, 0.4) is 0 Å². The van der Waals surface area contributed by atoms with E-state index in [4.69, 9.17) is 0 Å². The highest BCUT2D eigenvalue weighted by molar-refractivity contribution is 5.91. The van der Waals surface area contributed by atoms with Crippen molar-refractivity contribution < 1.29 is 14.4 Å². The number of ketones is 1. The predicted octanol–water partition coefficient (Wildman–Crippen LogP) is 0.00380. The Kier molecular flexibility index (Phi) is 3.82. The standard InChI is InChI=1S/C10H16N2O3/c1-3-9(14)11-5-8(13)6-12(7-11)10(15)4-2/h3-7H2,1-2H3. The molecule has 1 saturated heterocycles. The molecule has 0 N–H and O–H groups in total. The van der Waals surface area contributed by atoms with Crippen LogP contribution in [0.1, 0.15) is 26.7 Å². The van der Waals surface area contributed by atoms with E-state index in [-0.39, 0.29) is 37.4 Å². The van der Waals surface area contributed by atoms with Crippen LogP contribution in [0.2, 0.25) is 0 Å². The Morgan fingerprint density at radius 3 is 1.80 bits per heavy atom. The number of rotatable bonds is 2. The van der Waals surface area contributed by atoms with Gasteiger partial charge in [0.2, 0.25) is 11.8 Å². The van der Waals surface area contributed by atoms with Crippen LogP contribution in [0.15, 0.2) is 0 Å². The van der Waals surface area contributed by atoms with Gasteiger partial charge in [0.15, 0.2) is 5.78 Å². The van der Waals surface area contributed by atoms with Gasteiger partial charge in [-0.1, -0.05) is 13.8 Å². The van der Waals surface area contributed by atoms with Crippen molar-refractivity contribution in [3.8, 4) is 0 Å². The van der Waals surface area contributed by atoms with E-state index in [9.17, 15) is 14.4 Å². The van der Waals surface area contributed by atoms with Gasteiger partial charge in [-0.25, -0.2) is 0 Å². The van der Waals surface area contributed by atoms with Crippen LogP contribution < -0.4 is 0 Å². The third-order valence-corrected chi connectivity index (χ3v) is 2.39. The fraction of sp³-hybridized carbons (Fsp3) is 0.700. The molecule has 0 saturated carbocycles. The molecule has 1 fully saturated rings. The molecule has 0 radical (unpaired) electrons. The summed E-state index contributed by atoms with van der Waals surface area (Å²) in [6, 6.07) is 0. The van der Waals surface area contributed by atoms with Gasteiger partial charge in [-0.2, -0.15) is 0 Å². The van der Waals surface area contributed by atoms with Crippen molar-refractivity contribution in [1.29, 1.82) is 0 Å². The fourth-order valence-corrected chi connectivity index (χ4v) is 1.56. The second-order valence-electron chi connectivity index (χ2n) is 3.57. The zero-order valence-corrected chi connectivity index (χ0v) is 9.15. The highest BCUT2D eigenvalue weighted by Crippen LogP contribution is 2.06. The van der Waals surface area contributed by atoms with Crippen LogP contribution in [-0.4, -0.2) is 47.2 Å². The van der Waals surface area contributed by atoms with Crippen molar-refractivity contribution in [2.75, 3.05) is 19.8 Å². The van der Waals surface area contributed by atoms with E-state index in [2.05, 4.69) is 0 Å². The van der Waals surface area contributed by atoms with Crippen LogP contribution in [-0.2, 0) is 14.4 Å². The number of hydrogen-bond acceptors (Lipinski definition) is 3. The predicted molar refractivity (Wildman–Crippen MR) is 53.9 cm³/mol. The summed E-state index contributed by atoms with van der Waals surface area (Å²) in [6.07, 6.45) is 0.725. The zero-order valence-electron chi connectivity index (χ0n) is 9.15. The molecule has 0 unspecified atom stereocenters. The van der Waals surface area contributed by atoms with Gasteiger partial charge in [-0.3, -0.25) is 14.4 Å². The molecule has 15 heavy (non-hydrogen) atoms. The normalized spacial score (nSPS) is 16.8. The molecule has 0 bridgehead atoms. The highest BCUT2D eigenvalue weighted by Gasteiger charge is 2.27. The third kappa shape index (κ3) is 2.78. The lowest BCUT2D eigenvalue weighted by Crippen LogP contribution is -2.53. The molecule has 0 aromatic heterocycles. The molecule has 1 heterocycles. The summed E-state index contributed by atoms with van der Waals surface area (Å²) in [6.45, 7) is 4.02. The van der Waals surface area contributed by atoms with Gasteiger partial charge in [-0.05, 0) is 0 Å². The van der Waals surface area contributed by atoms with Gasteiger partial charge in [0.1, 0.15) is 0 Å². The lowest BCUT2D eigenvalue weighted by Gasteiger charge is -2.34. The average Bonchev–Trinajstić information content (AvgIpc) is 2.26. The molecule has 0 spiro atoms. The van der Waals surface area contributed by atoms with E-state index in [1.54, 1.807) is 13.8 Å². The molecule has 84 valence electrons. The Morgan fingerprint density at radius 1 is 1.07 bits per heavy atom. The van der Waals surface area contributed by atoms with Crippen molar-refractivity contribution in [1.82, 2.24) is 9.80 Å². The third-order valence-electron chi connectivity index (χ3n) is 2.39. The van der Waals surface area contributed by atoms with Crippen LogP contribution in [0.5, 0.6) is 0 Å². The molecule has 0 aliphatic carbocycles. The second-order valence-corrected chi connectivity index (χ2v) is 3.57. The summed E-state index contributed by atoms with van der Waals surface area (Å²) in [5.74, 6) is -0.251. The second kappa shape index (κ2) is 4.91. The Hall–Kier alpha value is -1.39. The minimum Gasteiger partial charge on any atom is -0.317 e. The van der Waals surface area contributed by atoms with Gasteiger partial charge in [0, 0.05) is 12.8 Å². The monoisotopic (exact) mass is 212 g/mol. The van der Waals surface area contributed by atoms with Crippen molar-refractivity contribution in [2.45, 2.75) is 26.7 Å². The summed E-state index contributed by atoms with van der Waals surface area (Å²) < 4.78 is 0. The van der Waals surface area contributed by atoms with E-state index in [0.29, 0.717) is 12.8 Å². The lowest BCUT2D eigenvalue weighted by molar-refractivity contribution is -0.149. The van der Waals surface area contributed by atoms with E-state index in [0.717, 1.165) is 0 Å². The SMILES string of the molecule is CCC(=O)N1CC(=O)CN(C(=O)CC)C1. The molecule has 5 heteroatoms. The maximum atomic E-state index is 11.4. The van der Waals surface area contributed by atoms with Gasteiger partial charge in [-0.15, -0.1) is 0 Å². The number of amides is 2. The fourth-order valence-electron chi connectivity index (χ4n) is 1.56. The molecule has 1 aliphatic heterocycles.